The van der Waals surface area contributed by atoms with Crippen molar-refractivity contribution in [2.24, 2.45) is 0 Å². The minimum absolute atomic E-state index is 0.133. The third-order valence-electron chi connectivity index (χ3n) is 2.31. The second kappa shape index (κ2) is 4.79. The van der Waals surface area contributed by atoms with Crippen molar-refractivity contribution in [3.8, 4) is 0 Å². The van der Waals surface area contributed by atoms with Crippen LogP contribution in [0.3, 0.4) is 0 Å². The summed E-state index contributed by atoms with van der Waals surface area (Å²) in [4.78, 5) is 0. The molecule has 78 valence electrons. The third-order valence-corrected chi connectivity index (χ3v) is 2.49. The normalized spacial score (nSPS) is 15.2. The van der Waals surface area contributed by atoms with Crippen LogP contribution in [0.5, 0.6) is 0 Å². The first-order valence-electron chi connectivity index (χ1n) is 4.90. The molecule has 0 radical (unpaired) electrons. The number of hydrogen-bond acceptors (Lipinski definition) is 0. The molecule has 2 unspecified atom stereocenters. The van der Waals surface area contributed by atoms with Gasteiger partial charge in [-0.25, -0.2) is 4.39 Å². The van der Waals surface area contributed by atoms with E-state index < -0.39 is 0 Å². The molecular formula is C12H16ClF. The molecule has 0 spiro atoms. The number of hydrogen-bond donors (Lipinski definition) is 0. The van der Waals surface area contributed by atoms with Crippen molar-refractivity contribution in [1.82, 2.24) is 0 Å². The van der Waals surface area contributed by atoms with Crippen LogP contribution in [0.15, 0.2) is 18.2 Å². The van der Waals surface area contributed by atoms with Crippen LogP contribution < -0.4 is 0 Å². The number of aryl methyl sites for hydroxylation is 1. The van der Waals surface area contributed by atoms with Gasteiger partial charge in [0.2, 0.25) is 0 Å². The molecule has 0 heterocycles. The van der Waals surface area contributed by atoms with Gasteiger partial charge in [0.15, 0.2) is 0 Å². The molecule has 2 atom stereocenters. The maximum absolute atomic E-state index is 13.1. The van der Waals surface area contributed by atoms with Crippen LogP contribution in [-0.2, 0) is 0 Å². The average molecular weight is 215 g/mol. The molecule has 0 N–H and O–H groups in total. The maximum atomic E-state index is 13.1. The Bertz CT molecular complexity index is 287. The molecule has 0 aromatic heterocycles. The van der Waals surface area contributed by atoms with Crippen LogP contribution in [-0.4, -0.2) is 5.38 Å². The number of benzene rings is 1. The molecule has 0 amide bonds. The highest BCUT2D eigenvalue weighted by atomic mass is 35.5. The largest absolute Gasteiger partial charge is 0.207 e. The van der Waals surface area contributed by atoms with Gasteiger partial charge in [0.25, 0.3) is 0 Å². The molecule has 0 saturated heterocycles. The van der Waals surface area contributed by atoms with Crippen LogP contribution >= 0.6 is 11.6 Å². The summed E-state index contributed by atoms with van der Waals surface area (Å²) in [5.74, 6) is 0.158. The smallest absolute Gasteiger partial charge is 0.123 e. The summed E-state index contributed by atoms with van der Waals surface area (Å²) in [7, 11) is 0. The van der Waals surface area contributed by atoms with E-state index in [1.54, 1.807) is 12.1 Å². The van der Waals surface area contributed by atoms with Gasteiger partial charge in [0.05, 0.1) is 0 Å². The summed E-state index contributed by atoms with van der Waals surface area (Å²) in [6.07, 6.45) is 0.879. The van der Waals surface area contributed by atoms with Gasteiger partial charge < -0.3 is 0 Å². The van der Waals surface area contributed by atoms with Crippen molar-refractivity contribution in [3.05, 3.63) is 35.1 Å². The first kappa shape index (κ1) is 11.5. The second-order valence-electron chi connectivity index (χ2n) is 3.98. The highest BCUT2D eigenvalue weighted by Gasteiger charge is 2.10. The molecule has 1 rings (SSSR count). The van der Waals surface area contributed by atoms with E-state index in [2.05, 4.69) is 6.92 Å². The Morgan fingerprint density at radius 1 is 1.29 bits per heavy atom. The van der Waals surface area contributed by atoms with Gasteiger partial charge in [0.1, 0.15) is 5.82 Å². The predicted octanol–water partition coefficient (Wildman–Crippen LogP) is 4.26. The van der Waals surface area contributed by atoms with E-state index in [-0.39, 0.29) is 11.2 Å². The molecule has 0 aliphatic rings. The van der Waals surface area contributed by atoms with Gasteiger partial charge in [-0.3, -0.25) is 0 Å². The van der Waals surface area contributed by atoms with Crippen molar-refractivity contribution >= 4 is 11.6 Å². The first-order valence-corrected chi connectivity index (χ1v) is 5.34. The Kier molecular flexibility index (Phi) is 3.94. The van der Waals surface area contributed by atoms with Gasteiger partial charge in [-0.2, -0.15) is 0 Å². The first-order chi connectivity index (χ1) is 6.49. The summed E-state index contributed by atoms with van der Waals surface area (Å²) in [6, 6.07) is 5.16. The Balaban J connectivity index is 2.84. The minimum Gasteiger partial charge on any atom is -0.207 e. The predicted molar refractivity (Wildman–Crippen MR) is 59.5 cm³/mol. The molecule has 1 aromatic carbocycles. The Morgan fingerprint density at radius 2 is 1.93 bits per heavy atom. The van der Waals surface area contributed by atoms with E-state index in [4.69, 9.17) is 11.6 Å². The quantitative estimate of drug-likeness (QED) is 0.660. The Labute approximate surface area is 90.1 Å². The van der Waals surface area contributed by atoms with E-state index in [9.17, 15) is 4.39 Å². The van der Waals surface area contributed by atoms with Crippen molar-refractivity contribution in [2.45, 2.75) is 38.5 Å². The fourth-order valence-electron chi connectivity index (χ4n) is 1.67. The highest BCUT2D eigenvalue weighted by Crippen LogP contribution is 2.24. The molecular weight excluding hydrogens is 199 g/mol. The lowest BCUT2D eigenvalue weighted by molar-refractivity contribution is 0.613. The Morgan fingerprint density at radius 3 is 2.43 bits per heavy atom. The summed E-state index contributed by atoms with van der Waals surface area (Å²) >= 11 is 5.91. The second-order valence-corrected chi connectivity index (χ2v) is 4.72. The van der Waals surface area contributed by atoms with Gasteiger partial charge in [-0.05, 0) is 49.4 Å². The van der Waals surface area contributed by atoms with Crippen molar-refractivity contribution < 1.29 is 4.39 Å². The van der Waals surface area contributed by atoms with Crippen molar-refractivity contribution in [2.75, 3.05) is 0 Å². The van der Waals surface area contributed by atoms with Gasteiger partial charge in [-0.15, -0.1) is 11.6 Å². The summed E-state index contributed by atoms with van der Waals surface area (Å²) < 4.78 is 13.1. The molecule has 0 saturated carbocycles. The molecule has 1 aromatic rings. The zero-order valence-corrected chi connectivity index (χ0v) is 9.61. The molecule has 0 aliphatic carbocycles. The van der Waals surface area contributed by atoms with Crippen LogP contribution in [0.1, 0.15) is 37.3 Å². The van der Waals surface area contributed by atoms with Crippen molar-refractivity contribution in [1.29, 1.82) is 0 Å². The molecule has 0 fully saturated rings. The zero-order valence-electron chi connectivity index (χ0n) is 8.85. The Hall–Kier alpha value is -0.560. The van der Waals surface area contributed by atoms with Gasteiger partial charge in [0, 0.05) is 5.38 Å². The van der Waals surface area contributed by atoms with Crippen LogP contribution in [0.4, 0.5) is 4.39 Å². The van der Waals surface area contributed by atoms with Gasteiger partial charge in [-0.1, -0.05) is 13.0 Å². The fraction of sp³-hybridized carbons (Fsp3) is 0.500. The average Bonchev–Trinajstić information content (AvgIpc) is 2.00. The van der Waals surface area contributed by atoms with E-state index in [1.807, 2.05) is 19.9 Å². The number of halogens is 2. The molecule has 0 nitrogen and oxygen atoms in total. The molecule has 0 bridgehead atoms. The van der Waals surface area contributed by atoms with Crippen LogP contribution in [0.25, 0.3) is 0 Å². The van der Waals surface area contributed by atoms with Crippen LogP contribution in [0, 0.1) is 12.7 Å². The topological polar surface area (TPSA) is 0 Å². The van der Waals surface area contributed by atoms with E-state index in [0.29, 0.717) is 5.92 Å². The zero-order chi connectivity index (χ0) is 10.7. The number of rotatable bonds is 3. The highest BCUT2D eigenvalue weighted by molar-refractivity contribution is 6.20. The summed E-state index contributed by atoms with van der Waals surface area (Å²) in [5.41, 5.74) is 2.00. The SMILES string of the molecule is Cc1cc(F)cc(C(C)CC(C)Cl)c1. The lowest BCUT2D eigenvalue weighted by Crippen LogP contribution is -2.01. The minimum atomic E-state index is -0.158. The lowest BCUT2D eigenvalue weighted by Gasteiger charge is -2.14. The van der Waals surface area contributed by atoms with Gasteiger partial charge >= 0.3 is 0 Å². The molecule has 2 heteroatoms. The third kappa shape index (κ3) is 3.30. The number of alkyl halides is 1. The fourth-order valence-corrected chi connectivity index (χ4v) is 1.94. The lowest BCUT2D eigenvalue weighted by atomic mass is 9.95. The molecule has 14 heavy (non-hydrogen) atoms. The van der Waals surface area contributed by atoms with Crippen molar-refractivity contribution in [3.63, 3.8) is 0 Å². The van der Waals surface area contributed by atoms with Crippen LogP contribution in [0.2, 0.25) is 0 Å². The summed E-state index contributed by atoms with van der Waals surface area (Å²) in [6.45, 7) is 5.95. The van der Waals surface area contributed by atoms with E-state index in [0.717, 1.165) is 17.5 Å². The van der Waals surface area contributed by atoms with E-state index in [1.165, 1.54) is 0 Å². The standard InChI is InChI=1S/C12H16ClF/c1-8-4-11(7-12(14)5-8)9(2)6-10(3)13/h4-5,7,9-10H,6H2,1-3H3. The molecule has 0 aliphatic heterocycles. The monoisotopic (exact) mass is 214 g/mol. The summed E-state index contributed by atoms with van der Waals surface area (Å²) in [5, 5.41) is 0.133. The van der Waals surface area contributed by atoms with E-state index >= 15 is 0 Å². The maximum Gasteiger partial charge on any atom is 0.123 e.